The quantitative estimate of drug-likeness (QED) is 0.415. The Balaban J connectivity index is 3.23. The molecular weight excluding hydrogens is 394 g/mol. The standard InChI is InChI=1S/C11H6Cl4N4O4/c12-10(13)3-6(4-11(14)15)16-17-8-2-1-7(18(20)21)5-9(8)19(22)23/h1-5,17H. The monoisotopic (exact) mass is 398 g/mol. The van der Waals surface area contributed by atoms with Crippen LogP contribution in [0.2, 0.25) is 0 Å². The predicted octanol–water partition coefficient (Wildman–Crippen LogP) is 4.91. The summed E-state index contributed by atoms with van der Waals surface area (Å²) in [6.45, 7) is 0. The molecule has 0 saturated heterocycles. The summed E-state index contributed by atoms with van der Waals surface area (Å²) >= 11 is 22.0. The lowest BCUT2D eigenvalue weighted by molar-refractivity contribution is -0.393. The Bertz CT molecular complexity index is 705. The molecule has 122 valence electrons. The van der Waals surface area contributed by atoms with Gasteiger partial charge in [-0.25, -0.2) is 0 Å². The van der Waals surface area contributed by atoms with Gasteiger partial charge in [0.25, 0.3) is 5.69 Å². The van der Waals surface area contributed by atoms with Crippen LogP contribution in [0.3, 0.4) is 0 Å². The molecule has 0 radical (unpaired) electrons. The lowest BCUT2D eigenvalue weighted by atomic mass is 10.2. The van der Waals surface area contributed by atoms with Crippen molar-refractivity contribution in [3.63, 3.8) is 0 Å². The Hall–Kier alpha value is -1.87. The van der Waals surface area contributed by atoms with Gasteiger partial charge in [-0.3, -0.25) is 25.7 Å². The number of nitro benzene ring substituents is 2. The number of benzene rings is 1. The van der Waals surface area contributed by atoms with E-state index in [1.54, 1.807) is 0 Å². The van der Waals surface area contributed by atoms with E-state index in [0.29, 0.717) is 0 Å². The van der Waals surface area contributed by atoms with Crippen molar-refractivity contribution in [2.75, 3.05) is 5.43 Å². The third-order valence-corrected chi connectivity index (χ3v) is 2.64. The second kappa shape index (κ2) is 8.68. The molecule has 1 N–H and O–H groups in total. The smallest absolute Gasteiger partial charge is 0.271 e. The molecule has 0 saturated carbocycles. The number of hydrogen-bond acceptors (Lipinski definition) is 6. The van der Waals surface area contributed by atoms with E-state index in [-0.39, 0.29) is 20.4 Å². The molecule has 0 fully saturated rings. The number of nitrogens with zero attached hydrogens (tertiary/aromatic N) is 3. The second-order valence-electron chi connectivity index (χ2n) is 3.73. The zero-order valence-electron chi connectivity index (χ0n) is 10.9. The molecule has 0 bridgehead atoms. The summed E-state index contributed by atoms with van der Waals surface area (Å²) in [5, 5.41) is 25.4. The molecule has 0 atom stereocenters. The van der Waals surface area contributed by atoms with Gasteiger partial charge >= 0.3 is 5.69 Å². The molecule has 0 spiro atoms. The predicted molar refractivity (Wildman–Crippen MR) is 90.4 cm³/mol. The van der Waals surface area contributed by atoms with Crippen LogP contribution in [0, 0.1) is 20.2 Å². The summed E-state index contributed by atoms with van der Waals surface area (Å²) < 4.78 is -0.316. The molecule has 0 aliphatic heterocycles. The highest BCUT2D eigenvalue weighted by atomic mass is 35.5. The number of hydrazone groups is 1. The number of hydrogen-bond donors (Lipinski definition) is 1. The summed E-state index contributed by atoms with van der Waals surface area (Å²) in [7, 11) is 0. The molecule has 0 heterocycles. The highest BCUT2D eigenvalue weighted by Crippen LogP contribution is 2.29. The van der Waals surface area contributed by atoms with E-state index in [4.69, 9.17) is 46.4 Å². The van der Waals surface area contributed by atoms with Gasteiger partial charge in [0.15, 0.2) is 0 Å². The lowest BCUT2D eigenvalue weighted by Crippen LogP contribution is -2.01. The Morgan fingerprint density at radius 2 is 1.61 bits per heavy atom. The van der Waals surface area contributed by atoms with Gasteiger partial charge in [-0.15, -0.1) is 0 Å². The molecule has 0 aromatic heterocycles. The van der Waals surface area contributed by atoms with Crippen molar-refractivity contribution in [2.45, 2.75) is 0 Å². The molecule has 8 nitrogen and oxygen atoms in total. The fraction of sp³-hybridized carbons (Fsp3) is 0. The van der Waals surface area contributed by atoms with E-state index in [2.05, 4.69) is 10.5 Å². The maximum absolute atomic E-state index is 11.0. The summed E-state index contributed by atoms with van der Waals surface area (Å²) in [6, 6.07) is 3.01. The van der Waals surface area contributed by atoms with Crippen molar-refractivity contribution in [3.05, 3.63) is 59.6 Å². The molecule has 0 aliphatic carbocycles. The first-order valence-electron chi connectivity index (χ1n) is 5.52. The van der Waals surface area contributed by atoms with Gasteiger partial charge in [-0.1, -0.05) is 46.4 Å². The number of nitro groups is 2. The summed E-state index contributed by atoms with van der Waals surface area (Å²) in [5.74, 6) is 0. The minimum Gasteiger partial charge on any atom is -0.271 e. The molecule has 1 rings (SSSR count). The zero-order chi connectivity index (χ0) is 17.6. The number of anilines is 1. The van der Waals surface area contributed by atoms with Crippen LogP contribution in [0.5, 0.6) is 0 Å². The van der Waals surface area contributed by atoms with Crippen molar-refractivity contribution in [2.24, 2.45) is 5.10 Å². The number of halogens is 4. The molecule has 0 unspecified atom stereocenters. The average molecular weight is 400 g/mol. The van der Waals surface area contributed by atoms with Gasteiger partial charge < -0.3 is 0 Å². The summed E-state index contributed by atoms with van der Waals surface area (Å²) in [6.07, 6.45) is 2.36. The van der Waals surface area contributed by atoms with Crippen LogP contribution in [-0.4, -0.2) is 15.6 Å². The lowest BCUT2D eigenvalue weighted by Gasteiger charge is -2.03. The van der Waals surface area contributed by atoms with Crippen molar-refractivity contribution >= 4 is 69.2 Å². The van der Waals surface area contributed by atoms with E-state index in [9.17, 15) is 20.2 Å². The van der Waals surface area contributed by atoms with E-state index in [1.165, 1.54) is 12.2 Å². The first-order chi connectivity index (χ1) is 10.7. The van der Waals surface area contributed by atoms with Crippen molar-refractivity contribution < 1.29 is 9.85 Å². The maximum Gasteiger partial charge on any atom is 0.301 e. The molecule has 1 aromatic carbocycles. The fourth-order valence-electron chi connectivity index (χ4n) is 1.33. The summed E-state index contributed by atoms with van der Waals surface area (Å²) in [5.41, 5.74) is 1.38. The van der Waals surface area contributed by atoms with E-state index in [1.807, 2.05) is 0 Å². The largest absolute Gasteiger partial charge is 0.301 e. The average Bonchev–Trinajstić information content (AvgIpc) is 2.43. The molecule has 1 aromatic rings. The van der Waals surface area contributed by atoms with Crippen LogP contribution in [0.4, 0.5) is 17.1 Å². The zero-order valence-corrected chi connectivity index (χ0v) is 13.9. The number of allylic oxidation sites excluding steroid dienone is 2. The maximum atomic E-state index is 11.0. The number of rotatable bonds is 6. The molecule has 12 heteroatoms. The third kappa shape index (κ3) is 6.41. The van der Waals surface area contributed by atoms with Crippen molar-refractivity contribution in [3.8, 4) is 0 Å². The molecule has 23 heavy (non-hydrogen) atoms. The first kappa shape index (κ1) is 19.2. The van der Waals surface area contributed by atoms with Gasteiger partial charge in [-0.2, -0.15) is 5.10 Å². The normalized spacial score (nSPS) is 9.57. The molecular formula is C11H6Cl4N4O4. The van der Waals surface area contributed by atoms with E-state index in [0.717, 1.165) is 18.2 Å². The van der Waals surface area contributed by atoms with Gasteiger partial charge in [0, 0.05) is 6.07 Å². The Labute approximate surface area is 149 Å². The minimum atomic E-state index is -0.792. The highest BCUT2D eigenvalue weighted by Gasteiger charge is 2.19. The fourth-order valence-corrected chi connectivity index (χ4v) is 1.78. The Morgan fingerprint density at radius 3 is 2.04 bits per heavy atom. The van der Waals surface area contributed by atoms with Gasteiger partial charge in [-0.05, 0) is 18.2 Å². The number of nitrogens with one attached hydrogen (secondary N) is 1. The number of non-ortho nitro benzene ring substituents is 1. The minimum absolute atomic E-state index is 0.0673. The van der Waals surface area contributed by atoms with Crippen LogP contribution in [0.25, 0.3) is 0 Å². The first-order valence-corrected chi connectivity index (χ1v) is 7.04. The van der Waals surface area contributed by atoms with Crippen LogP contribution in [-0.2, 0) is 0 Å². The molecule has 0 amide bonds. The Morgan fingerprint density at radius 1 is 1.04 bits per heavy atom. The highest BCUT2D eigenvalue weighted by molar-refractivity contribution is 6.58. The summed E-state index contributed by atoms with van der Waals surface area (Å²) in [4.78, 5) is 20.1. The van der Waals surface area contributed by atoms with Crippen LogP contribution >= 0.6 is 46.4 Å². The second-order valence-corrected chi connectivity index (χ2v) is 5.75. The molecule has 0 aliphatic rings. The topological polar surface area (TPSA) is 111 Å². The van der Waals surface area contributed by atoms with Crippen molar-refractivity contribution in [1.82, 2.24) is 0 Å². The van der Waals surface area contributed by atoms with Crippen molar-refractivity contribution in [1.29, 1.82) is 0 Å². The van der Waals surface area contributed by atoms with Gasteiger partial charge in [0.2, 0.25) is 0 Å². The Kier molecular flexibility index (Phi) is 7.24. The van der Waals surface area contributed by atoms with Crippen LogP contribution in [0.15, 0.2) is 44.4 Å². The van der Waals surface area contributed by atoms with Gasteiger partial charge in [0.1, 0.15) is 14.7 Å². The SMILES string of the molecule is O=[N+]([O-])c1ccc(NN=C(C=C(Cl)Cl)C=C(Cl)Cl)c([N+](=O)[O-])c1. The van der Waals surface area contributed by atoms with Crippen LogP contribution in [0.1, 0.15) is 0 Å². The van der Waals surface area contributed by atoms with E-state index < -0.39 is 21.2 Å². The third-order valence-electron chi connectivity index (χ3n) is 2.21. The van der Waals surface area contributed by atoms with Gasteiger partial charge in [0.05, 0.1) is 21.6 Å². The van der Waals surface area contributed by atoms with E-state index >= 15 is 0 Å². The van der Waals surface area contributed by atoms with Crippen LogP contribution < -0.4 is 5.43 Å².